The highest BCUT2D eigenvalue weighted by molar-refractivity contribution is 9.10. The van der Waals surface area contributed by atoms with Crippen LogP contribution in [-0.4, -0.2) is 7.05 Å². The first-order valence-corrected chi connectivity index (χ1v) is 7.81. The minimum atomic E-state index is 0.222. The van der Waals surface area contributed by atoms with Crippen LogP contribution >= 0.6 is 31.9 Å². The Labute approximate surface area is 131 Å². The average molecular weight is 383 g/mol. The van der Waals surface area contributed by atoms with E-state index in [1.807, 2.05) is 7.05 Å². The van der Waals surface area contributed by atoms with Crippen LogP contribution < -0.4 is 5.32 Å². The largest absolute Gasteiger partial charge is 0.309 e. The van der Waals surface area contributed by atoms with Gasteiger partial charge in [-0.05, 0) is 61.3 Å². The maximum Gasteiger partial charge on any atom is 0.0577 e. The summed E-state index contributed by atoms with van der Waals surface area (Å²) in [5, 5.41) is 3.41. The number of hydrogen-bond donors (Lipinski definition) is 1. The van der Waals surface area contributed by atoms with E-state index in [-0.39, 0.29) is 6.04 Å². The molecule has 1 N–H and O–H groups in total. The van der Waals surface area contributed by atoms with Gasteiger partial charge in [0.1, 0.15) is 0 Å². The standard InChI is InChI=1S/C16H17Br2N/c1-10-9-15(18)11(2)8-14(10)16(19-3)12-4-6-13(17)7-5-12/h4-9,16,19H,1-3H3. The number of nitrogens with one attached hydrogen (secondary N) is 1. The number of halogens is 2. The Morgan fingerprint density at radius 1 is 0.947 bits per heavy atom. The maximum atomic E-state index is 3.59. The van der Waals surface area contributed by atoms with E-state index in [9.17, 15) is 0 Å². The molecule has 2 aromatic rings. The van der Waals surface area contributed by atoms with Crippen LogP contribution in [0.15, 0.2) is 45.3 Å². The van der Waals surface area contributed by atoms with E-state index >= 15 is 0 Å². The van der Waals surface area contributed by atoms with E-state index in [2.05, 4.69) is 87.4 Å². The van der Waals surface area contributed by atoms with Crippen LogP contribution in [0.1, 0.15) is 28.3 Å². The number of rotatable bonds is 3. The van der Waals surface area contributed by atoms with Crippen molar-refractivity contribution in [2.75, 3.05) is 7.05 Å². The second-order valence-electron chi connectivity index (χ2n) is 4.73. The predicted molar refractivity (Wildman–Crippen MR) is 88.7 cm³/mol. The van der Waals surface area contributed by atoms with Crippen molar-refractivity contribution in [3.63, 3.8) is 0 Å². The topological polar surface area (TPSA) is 12.0 Å². The van der Waals surface area contributed by atoms with Crippen molar-refractivity contribution in [2.24, 2.45) is 0 Å². The Kier molecular flexibility index (Phi) is 4.82. The third-order valence-corrected chi connectivity index (χ3v) is 4.73. The van der Waals surface area contributed by atoms with Gasteiger partial charge < -0.3 is 5.32 Å². The lowest BCUT2D eigenvalue weighted by Crippen LogP contribution is -2.18. The third-order valence-electron chi connectivity index (χ3n) is 3.35. The van der Waals surface area contributed by atoms with Gasteiger partial charge in [-0.3, -0.25) is 0 Å². The molecule has 0 fully saturated rings. The van der Waals surface area contributed by atoms with E-state index in [0.717, 1.165) is 4.47 Å². The maximum absolute atomic E-state index is 3.59. The zero-order valence-electron chi connectivity index (χ0n) is 11.3. The smallest absolute Gasteiger partial charge is 0.0577 e. The molecule has 2 rings (SSSR count). The minimum absolute atomic E-state index is 0.222. The molecule has 19 heavy (non-hydrogen) atoms. The molecular formula is C16H17Br2N. The monoisotopic (exact) mass is 381 g/mol. The molecule has 0 aliphatic heterocycles. The highest BCUT2D eigenvalue weighted by Crippen LogP contribution is 2.29. The van der Waals surface area contributed by atoms with Gasteiger partial charge >= 0.3 is 0 Å². The molecule has 0 aliphatic carbocycles. The summed E-state index contributed by atoms with van der Waals surface area (Å²) in [5.74, 6) is 0. The molecule has 0 heterocycles. The summed E-state index contributed by atoms with van der Waals surface area (Å²) in [4.78, 5) is 0. The van der Waals surface area contributed by atoms with Gasteiger partial charge in [0.25, 0.3) is 0 Å². The van der Waals surface area contributed by atoms with E-state index in [4.69, 9.17) is 0 Å². The third kappa shape index (κ3) is 3.28. The molecule has 0 spiro atoms. The van der Waals surface area contributed by atoms with E-state index < -0.39 is 0 Å². The fourth-order valence-corrected chi connectivity index (χ4v) is 2.99. The van der Waals surface area contributed by atoms with Crippen molar-refractivity contribution in [2.45, 2.75) is 19.9 Å². The van der Waals surface area contributed by atoms with Crippen molar-refractivity contribution in [1.29, 1.82) is 0 Å². The molecule has 0 radical (unpaired) electrons. The van der Waals surface area contributed by atoms with Crippen LogP contribution in [-0.2, 0) is 0 Å². The predicted octanol–water partition coefficient (Wildman–Crippen LogP) is 5.14. The van der Waals surface area contributed by atoms with Gasteiger partial charge in [-0.1, -0.05) is 50.1 Å². The van der Waals surface area contributed by atoms with Crippen molar-refractivity contribution < 1.29 is 0 Å². The number of hydrogen-bond acceptors (Lipinski definition) is 1. The molecule has 3 heteroatoms. The van der Waals surface area contributed by atoms with Gasteiger partial charge in [0.05, 0.1) is 6.04 Å². The summed E-state index contributed by atoms with van der Waals surface area (Å²) in [6, 6.07) is 13.1. The Bertz CT molecular complexity index is 576. The molecule has 1 unspecified atom stereocenters. The average Bonchev–Trinajstić information content (AvgIpc) is 2.38. The fraction of sp³-hybridized carbons (Fsp3) is 0.250. The van der Waals surface area contributed by atoms with Crippen LogP contribution in [0.4, 0.5) is 0 Å². The van der Waals surface area contributed by atoms with Crippen molar-refractivity contribution in [3.05, 3.63) is 67.6 Å². The molecule has 0 aliphatic rings. The lowest BCUT2D eigenvalue weighted by Gasteiger charge is -2.20. The minimum Gasteiger partial charge on any atom is -0.309 e. The summed E-state index contributed by atoms with van der Waals surface area (Å²) in [6.45, 7) is 4.28. The second-order valence-corrected chi connectivity index (χ2v) is 6.50. The summed E-state index contributed by atoms with van der Waals surface area (Å²) in [5.41, 5.74) is 5.15. The molecular weight excluding hydrogens is 366 g/mol. The highest BCUT2D eigenvalue weighted by Gasteiger charge is 2.15. The van der Waals surface area contributed by atoms with Gasteiger partial charge in [-0.15, -0.1) is 0 Å². The Morgan fingerprint density at radius 3 is 2.16 bits per heavy atom. The van der Waals surface area contributed by atoms with Crippen molar-refractivity contribution in [3.8, 4) is 0 Å². The first kappa shape index (κ1) is 14.8. The van der Waals surface area contributed by atoms with Gasteiger partial charge in [-0.25, -0.2) is 0 Å². The molecule has 0 saturated heterocycles. The lowest BCUT2D eigenvalue weighted by atomic mass is 9.94. The first-order valence-electron chi connectivity index (χ1n) is 6.22. The van der Waals surface area contributed by atoms with Gasteiger partial charge in [0.2, 0.25) is 0 Å². The summed E-state index contributed by atoms with van der Waals surface area (Å²) in [7, 11) is 2.00. The van der Waals surface area contributed by atoms with Gasteiger partial charge in [0.15, 0.2) is 0 Å². The van der Waals surface area contributed by atoms with Crippen LogP contribution in [0.25, 0.3) is 0 Å². The van der Waals surface area contributed by atoms with E-state index in [1.54, 1.807) is 0 Å². The molecule has 0 bridgehead atoms. The number of benzene rings is 2. The Balaban J connectivity index is 2.47. The van der Waals surface area contributed by atoms with Crippen LogP contribution in [0.5, 0.6) is 0 Å². The number of aryl methyl sites for hydroxylation is 2. The highest BCUT2D eigenvalue weighted by atomic mass is 79.9. The fourth-order valence-electron chi connectivity index (χ4n) is 2.27. The summed E-state index contributed by atoms with van der Waals surface area (Å²) < 4.78 is 2.27. The molecule has 1 atom stereocenters. The molecule has 100 valence electrons. The second kappa shape index (κ2) is 6.21. The SMILES string of the molecule is CNC(c1ccc(Br)cc1)c1cc(C)c(Br)cc1C. The Hall–Kier alpha value is -0.640. The normalized spacial score (nSPS) is 12.5. The van der Waals surface area contributed by atoms with E-state index in [0.29, 0.717) is 0 Å². The zero-order valence-corrected chi connectivity index (χ0v) is 14.5. The zero-order chi connectivity index (χ0) is 14.0. The summed E-state index contributed by atoms with van der Waals surface area (Å²) >= 11 is 7.07. The van der Waals surface area contributed by atoms with Gasteiger partial charge in [-0.2, -0.15) is 0 Å². The van der Waals surface area contributed by atoms with Crippen LogP contribution in [0, 0.1) is 13.8 Å². The van der Waals surface area contributed by atoms with E-state index in [1.165, 1.54) is 26.7 Å². The summed E-state index contributed by atoms with van der Waals surface area (Å²) in [6.07, 6.45) is 0. The molecule has 2 aromatic carbocycles. The quantitative estimate of drug-likeness (QED) is 0.775. The Morgan fingerprint density at radius 2 is 1.58 bits per heavy atom. The van der Waals surface area contributed by atoms with Crippen LogP contribution in [0.3, 0.4) is 0 Å². The van der Waals surface area contributed by atoms with Crippen LogP contribution in [0.2, 0.25) is 0 Å². The molecule has 0 amide bonds. The van der Waals surface area contributed by atoms with Gasteiger partial charge in [0, 0.05) is 8.95 Å². The molecule has 0 saturated carbocycles. The van der Waals surface area contributed by atoms with Crippen molar-refractivity contribution in [1.82, 2.24) is 5.32 Å². The lowest BCUT2D eigenvalue weighted by molar-refractivity contribution is 0.686. The first-order chi connectivity index (χ1) is 9.02. The molecule has 1 nitrogen and oxygen atoms in total. The molecule has 0 aromatic heterocycles. The van der Waals surface area contributed by atoms with Crippen molar-refractivity contribution >= 4 is 31.9 Å².